The molecule has 1 N–H and O–H groups in total. The maximum absolute atomic E-state index is 13.0. The highest BCUT2D eigenvalue weighted by atomic mass is 35.5. The molecule has 3 aromatic rings. The number of aliphatic hydroxyl groups excluding tert-OH is 1. The highest BCUT2D eigenvalue weighted by Crippen LogP contribution is 2.32. The minimum absolute atomic E-state index is 0.000993. The standard InChI is InChI=1S/C29H35ClN2O5/c1-19(2)37-27-10-9-23(17-24(27)30)26(34)16-21(11-12-33)15-20-5-7-22(8-6-20)25-18-32(4)28(31-25)29(3)35-13-14-36-29/h5-10,17-19,21,33H,11-16H2,1-4H3/t21-/m1/s1. The van der Waals surface area contributed by atoms with E-state index in [-0.39, 0.29) is 24.4 Å². The van der Waals surface area contributed by atoms with Crippen LogP contribution in [0, 0.1) is 5.92 Å². The number of carbonyl (C=O) groups is 1. The van der Waals surface area contributed by atoms with Crippen molar-refractivity contribution in [3.8, 4) is 17.0 Å². The molecule has 1 atom stereocenters. The van der Waals surface area contributed by atoms with Crippen molar-refractivity contribution in [3.63, 3.8) is 0 Å². The summed E-state index contributed by atoms with van der Waals surface area (Å²) in [5.74, 6) is 0.473. The van der Waals surface area contributed by atoms with Gasteiger partial charge in [-0.2, -0.15) is 0 Å². The predicted molar refractivity (Wildman–Crippen MR) is 143 cm³/mol. The normalized spacial score (nSPS) is 15.8. The van der Waals surface area contributed by atoms with E-state index in [2.05, 4.69) is 12.1 Å². The predicted octanol–water partition coefficient (Wildman–Crippen LogP) is 5.56. The Bertz CT molecular complexity index is 1220. The van der Waals surface area contributed by atoms with E-state index in [1.807, 2.05) is 50.7 Å². The van der Waals surface area contributed by atoms with E-state index < -0.39 is 5.79 Å². The molecule has 8 heteroatoms. The van der Waals surface area contributed by atoms with Crippen LogP contribution in [0.5, 0.6) is 5.75 Å². The molecule has 4 rings (SSSR count). The monoisotopic (exact) mass is 526 g/mol. The zero-order valence-electron chi connectivity index (χ0n) is 21.9. The fraction of sp³-hybridized carbons (Fsp3) is 0.448. The van der Waals surface area contributed by atoms with Gasteiger partial charge in [-0.1, -0.05) is 35.9 Å². The van der Waals surface area contributed by atoms with Crippen LogP contribution in [0.15, 0.2) is 48.7 Å². The lowest BCUT2D eigenvalue weighted by molar-refractivity contribution is -0.157. The van der Waals surface area contributed by atoms with E-state index in [1.165, 1.54) is 0 Å². The first-order valence-electron chi connectivity index (χ1n) is 12.7. The highest BCUT2D eigenvalue weighted by molar-refractivity contribution is 6.32. The summed E-state index contributed by atoms with van der Waals surface area (Å²) < 4.78 is 19.1. The molecule has 1 aliphatic rings. The fourth-order valence-corrected chi connectivity index (χ4v) is 4.90. The molecule has 37 heavy (non-hydrogen) atoms. The van der Waals surface area contributed by atoms with Crippen LogP contribution in [0.25, 0.3) is 11.3 Å². The summed E-state index contributed by atoms with van der Waals surface area (Å²) in [6, 6.07) is 13.3. The topological polar surface area (TPSA) is 82.8 Å². The minimum atomic E-state index is -0.830. The van der Waals surface area contributed by atoms with Crippen LogP contribution >= 0.6 is 11.6 Å². The quantitative estimate of drug-likeness (QED) is 0.329. The first kappa shape index (κ1) is 27.3. The van der Waals surface area contributed by atoms with E-state index >= 15 is 0 Å². The van der Waals surface area contributed by atoms with Crippen molar-refractivity contribution in [1.82, 2.24) is 9.55 Å². The number of hydrogen-bond acceptors (Lipinski definition) is 6. The number of ketones is 1. The molecule has 0 saturated carbocycles. The number of hydrogen-bond donors (Lipinski definition) is 1. The van der Waals surface area contributed by atoms with Gasteiger partial charge >= 0.3 is 0 Å². The lowest BCUT2D eigenvalue weighted by atomic mass is 9.89. The fourth-order valence-electron chi connectivity index (χ4n) is 4.68. The lowest BCUT2D eigenvalue weighted by Crippen LogP contribution is -2.26. The van der Waals surface area contributed by atoms with Crippen LogP contribution in [0.1, 0.15) is 55.4 Å². The molecule has 1 fully saturated rings. The summed E-state index contributed by atoms with van der Waals surface area (Å²) >= 11 is 6.33. The Morgan fingerprint density at radius 1 is 1.19 bits per heavy atom. The smallest absolute Gasteiger partial charge is 0.225 e. The van der Waals surface area contributed by atoms with Gasteiger partial charge in [-0.05, 0) is 63.3 Å². The molecule has 1 aliphatic heterocycles. The third-order valence-corrected chi connectivity index (χ3v) is 6.82. The van der Waals surface area contributed by atoms with Crippen molar-refractivity contribution in [2.45, 2.75) is 51.9 Å². The lowest BCUT2D eigenvalue weighted by Gasteiger charge is -2.21. The van der Waals surface area contributed by atoms with Gasteiger partial charge in [0.15, 0.2) is 11.6 Å². The van der Waals surface area contributed by atoms with Gasteiger partial charge in [0.2, 0.25) is 5.79 Å². The molecule has 7 nitrogen and oxygen atoms in total. The Labute approximate surface area is 223 Å². The van der Waals surface area contributed by atoms with Crippen LogP contribution in [0.2, 0.25) is 5.02 Å². The van der Waals surface area contributed by atoms with Gasteiger partial charge in [0.25, 0.3) is 0 Å². The molecule has 198 valence electrons. The van der Waals surface area contributed by atoms with E-state index in [0.29, 0.717) is 48.8 Å². The van der Waals surface area contributed by atoms with Gasteiger partial charge in [0.1, 0.15) is 5.75 Å². The largest absolute Gasteiger partial charge is 0.489 e. The second-order valence-electron chi connectivity index (χ2n) is 9.92. The van der Waals surface area contributed by atoms with Gasteiger partial charge in [0, 0.05) is 37.4 Å². The van der Waals surface area contributed by atoms with Crippen molar-refractivity contribution in [2.24, 2.45) is 13.0 Å². The van der Waals surface area contributed by atoms with Gasteiger partial charge in [-0.15, -0.1) is 0 Å². The molecule has 0 aliphatic carbocycles. The maximum atomic E-state index is 13.0. The summed E-state index contributed by atoms with van der Waals surface area (Å²) in [4.78, 5) is 17.8. The molecule has 0 unspecified atom stereocenters. The molecule has 0 radical (unpaired) electrons. The Balaban J connectivity index is 1.43. The zero-order chi connectivity index (χ0) is 26.6. The second-order valence-corrected chi connectivity index (χ2v) is 10.3. The van der Waals surface area contributed by atoms with Crippen molar-refractivity contribution >= 4 is 17.4 Å². The average molecular weight is 527 g/mol. The molecule has 1 aromatic heterocycles. The SMILES string of the molecule is CC(C)Oc1ccc(C(=O)C[C@H](CCO)Cc2ccc(-c3cn(C)c(C4(C)OCCO4)n3)cc2)cc1Cl. The first-order valence-corrected chi connectivity index (χ1v) is 13.1. The Hall–Kier alpha value is -2.71. The third-order valence-electron chi connectivity index (χ3n) is 6.52. The number of benzene rings is 2. The second kappa shape index (κ2) is 11.8. The molecule has 2 heterocycles. The van der Waals surface area contributed by atoms with Crippen molar-refractivity contribution < 1.29 is 24.1 Å². The van der Waals surface area contributed by atoms with E-state index in [9.17, 15) is 9.90 Å². The summed E-state index contributed by atoms with van der Waals surface area (Å²) in [5.41, 5.74) is 3.47. The van der Waals surface area contributed by atoms with Crippen LogP contribution in [-0.2, 0) is 28.7 Å². The highest BCUT2D eigenvalue weighted by Gasteiger charge is 2.37. The molecule has 1 saturated heterocycles. The minimum Gasteiger partial charge on any atom is -0.489 e. The number of aryl methyl sites for hydroxylation is 1. The molecule has 0 bridgehead atoms. The van der Waals surface area contributed by atoms with Crippen LogP contribution in [-0.4, -0.2) is 46.4 Å². The number of ether oxygens (including phenoxy) is 3. The summed E-state index contributed by atoms with van der Waals surface area (Å²) in [6.07, 6.45) is 3.51. The van der Waals surface area contributed by atoms with Crippen molar-refractivity contribution in [2.75, 3.05) is 19.8 Å². The van der Waals surface area contributed by atoms with Crippen LogP contribution in [0.4, 0.5) is 0 Å². The Morgan fingerprint density at radius 2 is 1.89 bits per heavy atom. The maximum Gasteiger partial charge on any atom is 0.225 e. The molecule has 0 spiro atoms. The van der Waals surface area contributed by atoms with E-state index in [0.717, 1.165) is 22.6 Å². The number of aromatic nitrogens is 2. The van der Waals surface area contributed by atoms with E-state index in [4.69, 9.17) is 30.8 Å². The van der Waals surface area contributed by atoms with Gasteiger partial charge in [0.05, 0.1) is 30.0 Å². The van der Waals surface area contributed by atoms with Crippen molar-refractivity contribution in [3.05, 3.63) is 70.6 Å². The van der Waals surface area contributed by atoms with E-state index in [1.54, 1.807) is 18.2 Å². The van der Waals surface area contributed by atoms with Gasteiger partial charge in [-0.3, -0.25) is 4.79 Å². The number of nitrogens with zero attached hydrogens (tertiary/aromatic N) is 2. The Morgan fingerprint density at radius 3 is 2.51 bits per heavy atom. The molecule has 0 amide bonds. The zero-order valence-corrected chi connectivity index (χ0v) is 22.6. The number of imidazole rings is 1. The molecular formula is C29H35ClN2O5. The van der Waals surface area contributed by atoms with Crippen LogP contribution in [0.3, 0.4) is 0 Å². The van der Waals surface area contributed by atoms with Gasteiger partial charge < -0.3 is 23.9 Å². The molecular weight excluding hydrogens is 492 g/mol. The Kier molecular flexibility index (Phi) is 8.70. The average Bonchev–Trinajstić information content (AvgIpc) is 3.47. The number of rotatable bonds is 11. The first-order chi connectivity index (χ1) is 17.7. The number of carbonyl (C=O) groups excluding carboxylic acids is 1. The van der Waals surface area contributed by atoms with Gasteiger partial charge in [-0.25, -0.2) is 4.98 Å². The summed E-state index contributed by atoms with van der Waals surface area (Å²) in [6.45, 7) is 6.87. The van der Waals surface area contributed by atoms with Crippen LogP contribution < -0.4 is 4.74 Å². The number of aliphatic hydroxyl groups is 1. The number of halogens is 1. The molecule has 2 aromatic carbocycles. The third kappa shape index (κ3) is 6.60. The van der Waals surface area contributed by atoms with Crippen molar-refractivity contribution in [1.29, 1.82) is 0 Å². The number of Topliss-reactive ketones (excluding diaryl/α,β-unsaturated/α-hetero) is 1. The summed E-state index contributed by atoms with van der Waals surface area (Å²) in [5, 5.41) is 10.0. The summed E-state index contributed by atoms with van der Waals surface area (Å²) in [7, 11) is 1.94.